The van der Waals surface area contributed by atoms with Crippen molar-refractivity contribution >= 4 is 20.4 Å². The van der Waals surface area contributed by atoms with Gasteiger partial charge in [-0.1, -0.05) is 0 Å². The van der Waals surface area contributed by atoms with Gasteiger partial charge in [0.05, 0.1) is 7.11 Å². The number of hydrogen-bond donors (Lipinski definition) is 0. The number of ether oxygens (including phenoxy) is 5. The molecule has 274 valence electrons. The molecule has 3 aromatic rings. The quantitative estimate of drug-likeness (QED) is 0.191. The highest BCUT2D eigenvalue weighted by Gasteiger charge is 2.53. The fraction of sp³-hybridized carbons (Fsp3) is 0.500. The van der Waals surface area contributed by atoms with Crippen molar-refractivity contribution in [2.24, 2.45) is 0 Å². The van der Waals surface area contributed by atoms with E-state index in [-0.39, 0.29) is 26.2 Å². The molecule has 8 nitrogen and oxygen atoms in total. The molecule has 0 N–H and O–H groups in total. The maximum atomic E-state index is 14.3. The summed E-state index contributed by atoms with van der Waals surface area (Å²) in [6, 6.07) is 15.0. The van der Waals surface area contributed by atoms with Gasteiger partial charge in [-0.2, -0.15) is 25.2 Å². The first-order valence-corrected chi connectivity index (χ1v) is 18.6. The van der Waals surface area contributed by atoms with E-state index in [1.807, 2.05) is 41.5 Å². The summed E-state index contributed by atoms with van der Waals surface area (Å²) in [7, 11) is -8.60. The summed E-state index contributed by atoms with van der Waals surface area (Å²) >= 11 is 0. The lowest BCUT2D eigenvalue weighted by atomic mass is 10.1. The van der Waals surface area contributed by atoms with E-state index in [1.165, 1.54) is 55.6 Å². The Balaban J connectivity index is 2.59. The summed E-state index contributed by atoms with van der Waals surface area (Å²) in [5.74, 6) is 1.36. The van der Waals surface area contributed by atoms with Crippen LogP contribution in [0.3, 0.4) is 0 Å². The monoisotopic (exact) mass is 730 g/mol. The van der Waals surface area contributed by atoms with Gasteiger partial charge in [-0.25, -0.2) is 0 Å². The molecule has 3 aromatic carbocycles. The predicted molar refractivity (Wildman–Crippen MR) is 186 cm³/mol. The second-order valence-corrected chi connectivity index (χ2v) is 19.7. The number of hydrogen-bond acceptors (Lipinski definition) is 8. The third-order valence-electron chi connectivity index (χ3n) is 6.03. The minimum atomic E-state index is -6.23. The van der Waals surface area contributed by atoms with Crippen LogP contribution in [-0.4, -0.2) is 43.4 Å². The van der Waals surface area contributed by atoms with Gasteiger partial charge in [0.15, 0.2) is 23.0 Å². The maximum absolute atomic E-state index is 14.3. The first-order chi connectivity index (χ1) is 22.1. The lowest BCUT2D eigenvalue weighted by Gasteiger charge is -2.40. The first-order valence-electron chi connectivity index (χ1n) is 15.6. The smallest absolute Gasteiger partial charge is 0.497 e. The van der Waals surface area contributed by atoms with Crippen molar-refractivity contribution in [3.8, 4) is 28.7 Å². The number of benzene rings is 3. The summed E-state index contributed by atoms with van der Waals surface area (Å²) in [6.07, 6.45) is 0. The van der Waals surface area contributed by atoms with Crippen molar-refractivity contribution in [3.05, 3.63) is 60.7 Å². The minimum Gasteiger partial charge on any atom is -0.497 e. The van der Waals surface area contributed by atoms with E-state index in [0.717, 1.165) is 0 Å². The SMILES string of the molecule is COc1ccc(S(OS(=O)(=O)C(F)(F)F)(c2ccc(OC(C)(C)C)c(OC(C)(C)C)c2)c2ccc(OC(C)(C)C)c(OC(C)(C)C)c2)cc1. The Morgan fingerprint density at radius 1 is 0.490 bits per heavy atom. The third-order valence-corrected chi connectivity index (χ3v) is 10.9. The molecule has 0 spiro atoms. The Hall–Kier alpha value is -3.29. The average molecular weight is 731 g/mol. The Kier molecular flexibility index (Phi) is 11.3. The molecule has 0 aliphatic heterocycles. The summed E-state index contributed by atoms with van der Waals surface area (Å²) in [4.78, 5) is 0.285. The van der Waals surface area contributed by atoms with Crippen molar-refractivity contribution in [2.45, 2.75) is 126 Å². The van der Waals surface area contributed by atoms with Gasteiger partial charge in [0.1, 0.15) is 28.2 Å². The molecule has 0 aliphatic rings. The third kappa shape index (κ3) is 10.6. The van der Waals surface area contributed by atoms with Gasteiger partial charge in [-0.15, -0.1) is 0 Å². The van der Waals surface area contributed by atoms with Crippen LogP contribution in [0.25, 0.3) is 0 Å². The Morgan fingerprint density at radius 3 is 1.12 bits per heavy atom. The number of alkyl halides is 3. The molecule has 0 unspecified atom stereocenters. The van der Waals surface area contributed by atoms with Crippen molar-refractivity contribution in [3.63, 3.8) is 0 Å². The molecule has 0 amide bonds. The molecule has 0 saturated carbocycles. The molecule has 0 fully saturated rings. The second-order valence-electron chi connectivity index (χ2n) is 15.3. The number of halogens is 3. The zero-order valence-electron chi connectivity index (χ0n) is 30.5. The Bertz CT molecular complexity index is 1630. The molecule has 0 heterocycles. The molecule has 0 radical (unpaired) electrons. The van der Waals surface area contributed by atoms with Gasteiger partial charge in [0.25, 0.3) is 0 Å². The minimum absolute atomic E-state index is 0.0807. The maximum Gasteiger partial charge on any atom is 0.524 e. The van der Waals surface area contributed by atoms with Gasteiger partial charge >= 0.3 is 15.6 Å². The normalized spacial score (nSPS) is 13.9. The molecule has 3 rings (SSSR count). The van der Waals surface area contributed by atoms with E-state index >= 15 is 0 Å². The van der Waals surface area contributed by atoms with Crippen molar-refractivity contribution < 1.29 is 48.9 Å². The fourth-order valence-electron chi connectivity index (χ4n) is 4.45. The predicted octanol–water partition coefficient (Wildman–Crippen LogP) is 10.5. The lowest BCUT2D eigenvalue weighted by Crippen LogP contribution is -2.28. The standard InChI is InChI=1S/C36H49F3O8S2/c1-32(2,3)43-28-20-18-26(22-30(28)45-34(7,8)9)48(47-49(40,41)36(37,38)39,25-16-14-24(42-13)15-17-25)27-19-21-29(44-33(4,5)6)31(23-27)46-35(10,11)12/h14-23H,1-13H3. The van der Waals surface area contributed by atoms with Gasteiger partial charge in [-0.3, -0.25) is 0 Å². The van der Waals surface area contributed by atoms with E-state index in [1.54, 1.807) is 53.7 Å². The van der Waals surface area contributed by atoms with Crippen LogP contribution in [0, 0.1) is 0 Å². The van der Waals surface area contributed by atoms with Gasteiger partial charge < -0.3 is 23.7 Å². The summed E-state index contributed by atoms with van der Waals surface area (Å²) in [5.41, 5.74) is -8.64. The van der Waals surface area contributed by atoms with Crippen LogP contribution in [0.5, 0.6) is 28.7 Å². The van der Waals surface area contributed by atoms with Crippen LogP contribution in [0.4, 0.5) is 13.2 Å². The number of methoxy groups -OCH3 is 1. The highest BCUT2D eigenvalue weighted by molar-refractivity contribution is 8.33. The van der Waals surface area contributed by atoms with Crippen molar-refractivity contribution in [1.82, 2.24) is 0 Å². The van der Waals surface area contributed by atoms with Gasteiger partial charge in [-0.05, 0) is 154 Å². The summed E-state index contributed by atoms with van der Waals surface area (Å²) in [5, 5.41) is 0. The zero-order valence-corrected chi connectivity index (χ0v) is 32.1. The average Bonchev–Trinajstić information content (AvgIpc) is 2.90. The van der Waals surface area contributed by atoms with Crippen LogP contribution in [0.15, 0.2) is 75.4 Å². The molecule has 0 aliphatic carbocycles. The van der Waals surface area contributed by atoms with E-state index in [9.17, 15) is 21.6 Å². The zero-order chi connectivity index (χ0) is 37.4. The van der Waals surface area contributed by atoms with Crippen LogP contribution in [0.2, 0.25) is 0 Å². The van der Waals surface area contributed by atoms with Gasteiger partial charge in [0.2, 0.25) is 0 Å². The Labute approximate surface area is 290 Å². The molecule has 0 bridgehead atoms. The fourth-order valence-corrected chi connectivity index (χ4v) is 9.18. The van der Waals surface area contributed by atoms with Crippen LogP contribution in [-0.2, 0) is 13.7 Å². The molecule has 49 heavy (non-hydrogen) atoms. The lowest BCUT2D eigenvalue weighted by molar-refractivity contribution is -0.0496. The van der Waals surface area contributed by atoms with E-state index in [2.05, 4.69) is 0 Å². The molecule has 13 heteroatoms. The molecule has 0 saturated heterocycles. The van der Waals surface area contributed by atoms with E-state index in [4.69, 9.17) is 27.3 Å². The van der Waals surface area contributed by atoms with Crippen molar-refractivity contribution in [1.29, 1.82) is 0 Å². The summed E-state index contributed by atoms with van der Waals surface area (Å²) < 4.78 is 105. The molecule has 0 aromatic heterocycles. The number of rotatable bonds is 10. The topological polar surface area (TPSA) is 89.5 Å². The highest BCUT2D eigenvalue weighted by Crippen LogP contribution is 2.72. The van der Waals surface area contributed by atoms with Crippen LogP contribution < -0.4 is 23.7 Å². The molecular weight excluding hydrogens is 682 g/mol. The molecule has 0 atom stereocenters. The van der Waals surface area contributed by atoms with Crippen LogP contribution in [0.1, 0.15) is 83.1 Å². The second kappa shape index (κ2) is 13.8. The summed E-state index contributed by atoms with van der Waals surface area (Å²) in [6.45, 7) is 21.9. The van der Waals surface area contributed by atoms with E-state index in [0.29, 0.717) is 17.2 Å². The largest absolute Gasteiger partial charge is 0.524 e. The Morgan fingerprint density at radius 2 is 0.816 bits per heavy atom. The van der Waals surface area contributed by atoms with E-state index < -0.39 is 48.3 Å². The first kappa shape index (κ1) is 40.1. The van der Waals surface area contributed by atoms with Crippen LogP contribution >= 0.6 is 10.3 Å². The van der Waals surface area contributed by atoms with Crippen molar-refractivity contribution in [2.75, 3.05) is 7.11 Å². The molecular formula is C36H49F3O8S2. The highest BCUT2D eigenvalue weighted by atomic mass is 32.3. The van der Waals surface area contributed by atoms with Gasteiger partial charge in [0, 0.05) is 14.7 Å².